The lowest BCUT2D eigenvalue weighted by molar-refractivity contribution is -0.384. The summed E-state index contributed by atoms with van der Waals surface area (Å²) in [6.07, 6.45) is 0.613. The minimum absolute atomic E-state index is 0.00842. The van der Waals surface area contributed by atoms with Crippen molar-refractivity contribution < 1.29 is 14.5 Å². The third-order valence-electron chi connectivity index (χ3n) is 3.67. The number of nitro groups is 1. The number of aromatic nitrogens is 2. The summed E-state index contributed by atoms with van der Waals surface area (Å²) in [4.78, 5) is 22.8. The topological polar surface area (TPSA) is 87.3 Å². The van der Waals surface area contributed by atoms with E-state index in [4.69, 9.17) is 4.74 Å². The minimum atomic E-state index is -0.450. The Labute approximate surface area is 146 Å². The number of carbonyl (C=O) groups excluding carboxylic acids is 1. The zero-order chi connectivity index (χ0) is 18.8. The first-order chi connectivity index (χ1) is 11.6. The number of rotatable bonds is 5. The molecule has 0 amide bonds. The molecule has 0 saturated carbocycles. The van der Waals surface area contributed by atoms with Gasteiger partial charge in [-0.1, -0.05) is 20.8 Å². The highest BCUT2D eigenvalue weighted by Crippen LogP contribution is 2.27. The molecular formula is C18H23N3O4. The summed E-state index contributed by atoms with van der Waals surface area (Å²) < 4.78 is 6.82. The number of carbonyl (C=O) groups is 1. The van der Waals surface area contributed by atoms with E-state index in [1.165, 1.54) is 12.1 Å². The average molecular weight is 345 g/mol. The maximum atomic E-state index is 12.4. The van der Waals surface area contributed by atoms with Gasteiger partial charge in [0.05, 0.1) is 28.6 Å². The van der Waals surface area contributed by atoms with Crippen molar-refractivity contribution in [1.29, 1.82) is 0 Å². The third kappa shape index (κ3) is 4.23. The Morgan fingerprint density at radius 2 is 1.88 bits per heavy atom. The van der Waals surface area contributed by atoms with E-state index in [1.54, 1.807) is 30.7 Å². The first kappa shape index (κ1) is 18.6. The molecule has 0 spiro atoms. The maximum Gasteiger partial charge on any atom is 0.341 e. The van der Waals surface area contributed by atoms with Gasteiger partial charge in [0.25, 0.3) is 5.69 Å². The van der Waals surface area contributed by atoms with E-state index >= 15 is 0 Å². The van der Waals surface area contributed by atoms with Gasteiger partial charge in [0.15, 0.2) is 0 Å². The lowest BCUT2D eigenvalue weighted by atomic mass is 9.89. The fraction of sp³-hybridized carbons (Fsp3) is 0.444. The SMILES string of the molecule is CCOC(=O)c1c(CC(C)(C)C)nn(-c2ccc([N+](=O)[O-])cc2)c1C. The van der Waals surface area contributed by atoms with Gasteiger partial charge in [0.2, 0.25) is 0 Å². The van der Waals surface area contributed by atoms with Crippen LogP contribution in [0.25, 0.3) is 5.69 Å². The van der Waals surface area contributed by atoms with E-state index in [0.717, 1.165) is 0 Å². The molecule has 0 aliphatic heterocycles. The Hall–Kier alpha value is -2.70. The monoisotopic (exact) mass is 345 g/mol. The third-order valence-corrected chi connectivity index (χ3v) is 3.67. The van der Waals surface area contributed by atoms with Crippen LogP contribution in [0.15, 0.2) is 24.3 Å². The molecule has 1 aromatic heterocycles. The molecule has 134 valence electrons. The van der Waals surface area contributed by atoms with Crippen LogP contribution in [0.3, 0.4) is 0 Å². The summed E-state index contributed by atoms with van der Waals surface area (Å²) in [5.41, 5.74) is 2.41. The van der Waals surface area contributed by atoms with Crippen LogP contribution in [-0.2, 0) is 11.2 Å². The fourth-order valence-corrected chi connectivity index (χ4v) is 2.62. The van der Waals surface area contributed by atoms with Crippen LogP contribution >= 0.6 is 0 Å². The Morgan fingerprint density at radius 3 is 2.36 bits per heavy atom. The lowest BCUT2D eigenvalue weighted by Crippen LogP contribution is -2.14. The van der Waals surface area contributed by atoms with Crippen molar-refractivity contribution in [3.8, 4) is 5.69 Å². The van der Waals surface area contributed by atoms with Crippen LogP contribution in [0.5, 0.6) is 0 Å². The lowest BCUT2D eigenvalue weighted by Gasteiger charge is -2.16. The number of hydrogen-bond acceptors (Lipinski definition) is 5. The Morgan fingerprint density at radius 1 is 1.28 bits per heavy atom. The Kier molecular flexibility index (Phi) is 5.25. The first-order valence-electron chi connectivity index (χ1n) is 8.14. The molecule has 0 bridgehead atoms. The predicted molar refractivity (Wildman–Crippen MR) is 94.1 cm³/mol. The number of nitrogens with zero attached hydrogens (tertiary/aromatic N) is 3. The molecule has 1 aromatic carbocycles. The van der Waals surface area contributed by atoms with Gasteiger partial charge in [-0.15, -0.1) is 0 Å². The number of benzene rings is 1. The largest absolute Gasteiger partial charge is 0.462 e. The molecule has 2 aromatic rings. The first-order valence-corrected chi connectivity index (χ1v) is 8.14. The van der Waals surface area contributed by atoms with E-state index in [2.05, 4.69) is 25.9 Å². The van der Waals surface area contributed by atoms with E-state index in [-0.39, 0.29) is 17.7 Å². The molecule has 0 unspecified atom stereocenters. The molecule has 0 atom stereocenters. The number of non-ortho nitro benzene ring substituents is 1. The van der Waals surface area contributed by atoms with Crippen molar-refractivity contribution in [3.63, 3.8) is 0 Å². The fourth-order valence-electron chi connectivity index (χ4n) is 2.62. The molecule has 0 N–H and O–H groups in total. The van der Waals surface area contributed by atoms with Gasteiger partial charge in [-0.25, -0.2) is 9.48 Å². The van der Waals surface area contributed by atoms with Gasteiger partial charge in [0, 0.05) is 12.1 Å². The van der Waals surface area contributed by atoms with Gasteiger partial charge in [-0.2, -0.15) is 5.10 Å². The second-order valence-electron chi connectivity index (χ2n) is 7.05. The molecule has 1 heterocycles. The van der Waals surface area contributed by atoms with Gasteiger partial charge < -0.3 is 4.74 Å². The molecular weight excluding hydrogens is 322 g/mol. The number of hydrogen-bond donors (Lipinski definition) is 0. The van der Waals surface area contributed by atoms with Crippen LogP contribution < -0.4 is 0 Å². The van der Waals surface area contributed by atoms with Gasteiger partial charge in [-0.3, -0.25) is 10.1 Å². The van der Waals surface area contributed by atoms with Crippen LogP contribution in [0.2, 0.25) is 0 Å². The quantitative estimate of drug-likeness (QED) is 0.466. The molecule has 0 saturated heterocycles. The van der Waals surface area contributed by atoms with Crippen molar-refractivity contribution in [1.82, 2.24) is 9.78 Å². The summed E-state index contributed by atoms with van der Waals surface area (Å²) in [5.74, 6) is -0.396. The Bertz CT molecular complexity index is 786. The maximum absolute atomic E-state index is 12.4. The second-order valence-corrected chi connectivity index (χ2v) is 7.05. The highest BCUT2D eigenvalue weighted by atomic mass is 16.6. The van der Waals surface area contributed by atoms with Crippen molar-refractivity contribution in [2.45, 2.75) is 41.0 Å². The van der Waals surface area contributed by atoms with Gasteiger partial charge >= 0.3 is 5.97 Å². The zero-order valence-electron chi connectivity index (χ0n) is 15.2. The number of esters is 1. The van der Waals surface area contributed by atoms with Crippen molar-refractivity contribution in [3.05, 3.63) is 51.3 Å². The molecule has 0 aliphatic carbocycles. The molecule has 7 nitrogen and oxygen atoms in total. The molecule has 0 fully saturated rings. The predicted octanol–water partition coefficient (Wildman–Crippen LogP) is 3.85. The number of ether oxygens (including phenoxy) is 1. The molecule has 0 radical (unpaired) electrons. The molecule has 7 heteroatoms. The van der Waals surface area contributed by atoms with Crippen LogP contribution in [0.4, 0.5) is 5.69 Å². The Balaban J connectivity index is 2.53. The summed E-state index contributed by atoms with van der Waals surface area (Å²) in [5, 5.41) is 15.4. The highest BCUT2D eigenvalue weighted by molar-refractivity contribution is 5.92. The van der Waals surface area contributed by atoms with Crippen molar-refractivity contribution >= 4 is 11.7 Å². The minimum Gasteiger partial charge on any atom is -0.462 e. The van der Waals surface area contributed by atoms with Crippen LogP contribution in [-0.4, -0.2) is 27.3 Å². The van der Waals surface area contributed by atoms with Gasteiger partial charge in [-0.05, 0) is 37.8 Å². The average Bonchev–Trinajstić information content (AvgIpc) is 2.82. The van der Waals surface area contributed by atoms with E-state index in [0.29, 0.717) is 29.1 Å². The van der Waals surface area contributed by atoms with E-state index in [1.807, 2.05) is 0 Å². The van der Waals surface area contributed by atoms with E-state index < -0.39 is 10.9 Å². The molecule has 25 heavy (non-hydrogen) atoms. The standard InChI is InChI=1S/C18H23N3O4/c1-6-25-17(22)16-12(2)20(19-15(16)11-18(3,4)5)13-7-9-14(10-8-13)21(23)24/h7-10H,6,11H2,1-5H3. The second kappa shape index (κ2) is 7.04. The van der Waals surface area contributed by atoms with E-state index in [9.17, 15) is 14.9 Å². The van der Waals surface area contributed by atoms with Crippen molar-refractivity contribution in [2.75, 3.05) is 6.61 Å². The highest BCUT2D eigenvalue weighted by Gasteiger charge is 2.26. The summed E-state index contributed by atoms with van der Waals surface area (Å²) >= 11 is 0. The number of nitro benzene ring substituents is 1. The van der Waals surface area contributed by atoms with Crippen LogP contribution in [0.1, 0.15) is 49.4 Å². The smallest absolute Gasteiger partial charge is 0.341 e. The van der Waals surface area contributed by atoms with Crippen LogP contribution in [0, 0.1) is 22.5 Å². The van der Waals surface area contributed by atoms with Crippen molar-refractivity contribution in [2.24, 2.45) is 5.41 Å². The molecule has 0 aliphatic rings. The van der Waals surface area contributed by atoms with Gasteiger partial charge in [0.1, 0.15) is 5.56 Å². The summed E-state index contributed by atoms with van der Waals surface area (Å²) in [6, 6.07) is 6.08. The summed E-state index contributed by atoms with van der Waals surface area (Å²) in [6.45, 7) is 10.1. The molecule has 2 rings (SSSR count). The summed E-state index contributed by atoms with van der Waals surface area (Å²) in [7, 11) is 0. The normalized spacial score (nSPS) is 11.4. The zero-order valence-corrected chi connectivity index (χ0v) is 15.2.